The SMILES string of the molecule is Clc1ccc(CCN[C@@H](c2ccc(Br)cc2)c2nnc(-c3ccccc3)o2)cc1. The number of rotatable bonds is 7. The van der Waals surface area contributed by atoms with Crippen LogP contribution in [0.5, 0.6) is 0 Å². The summed E-state index contributed by atoms with van der Waals surface area (Å²) in [5, 5.41) is 12.9. The molecule has 0 aliphatic rings. The molecule has 4 aromatic rings. The lowest BCUT2D eigenvalue weighted by Crippen LogP contribution is -2.25. The van der Waals surface area contributed by atoms with E-state index in [0.29, 0.717) is 11.8 Å². The van der Waals surface area contributed by atoms with E-state index in [1.807, 2.05) is 66.7 Å². The first-order valence-electron chi connectivity index (χ1n) is 9.31. The lowest BCUT2D eigenvalue weighted by atomic mass is 10.1. The van der Waals surface area contributed by atoms with Crippen LogP contribution in [-0.2, 0) is 6.42 Å². The Morgan fingerprint density at radius 1 is 0.897 bits per heavy atom. The Balaban J connectivity index is 1.54. The second kappa shape index (κ2) is 9.35. The lowest BCUT2D eigenvalue weighted by molar-refractivity contribution is 0.440. The Bertz CT molecular complexity index is 1050. The number of nitrogens with one attached hydrogen (secondary N) is 1. The molecule has 4 nitrogen and oxygen atoms in total. The van der Waals surface area contributed by atoms with Crippen LogP contribution in [0.25, 0.3) is 11.5 Å². The van der Waals surface area contributed by atoms with E-state index < -0.39 is 0 Å². The molecule has 1 aromatic heterocycles. The van der Waals surface area contributed by atoms with Crippen molar-refractivity contribution in [3.8, 4) is 11.5 Å². The molecule has 0 spiro atoms. The van der Waals surface area contributed by atoms with Gasteiger partial charge in [-0.15, -0.1) is 10.2 Å². The van der Waals surface area contributed by atoms with Crippen LogP contribution in [0.15, 0.2) is 87.8 Å². The summed E-state index contributed by atoms with van der Waals surface area (Å²) >= 11 is 9.47. The molecule has 1 atom stereocenters. The fourth-order valence-corrected chi connectivity index (χ4v) is 3.45. The molecule has 0 saturated carbocycles. The normalized spacial score (nSPS) is 12.1. The fraction of sp³-hybridized carbons (Fsp3) is 0.130. The highest BCUT2D eigenvalue weighted by atomic mass is 79.9. The zero-order chi connectivity index (χ0) is 20.1. The van der Waals surface area contributed by atoms with Crippen molar-refractivity contribution in [1.29, 1.82) is 0 Å². The Morgan fingerprint density at radius 2 is 1.62 bits per heavy atom. The summed E-state index contributed by atoms with van der Waals surface area (Å²) in [5.41, 5.74) is 3.18. The van der Waals surface area contributed by atoms with Gasteiger partial charge in [-0.3, -0.25) is 0 Å². The monoisotopic (exact) mass is 467 g/mol. The standard InChI is InChI=1S/C23H19BrClN3O/c24-19-10-8-17(9-11-19)21(26-15-14-16-6-12-20(25)13-7-16)23-28-27-22(29-23)18-4-2-1-3-5-18/h1-13,21,26H,14-15H2/t21-/m0/s1. The molecule has 0 bridgehead atoms. The fourth-order valence-electron chi connectivity index (χ4n) is 3.06. The van der Waals surface area contributed by atoms with Crippen molar-refractivity contribution < 1.29 is 4.42 Å². The molecular weight excluding hydrogens is 450 g/mol. The van der Waals surface area contributed by atoms with E-state index in [0.717, 1.165) is 33.6 Å². The third kappa shape index (κ3) is 5.12. The van der Waals surface area contributed by atoms with Crippen LogP contribution in [0.2, 0.25) is 5.02 Å². The van der Waals surface area contributed by atoms with Gasteiger partial charge in [-0.2, -0.15) is 0 Å². The zero-order valence-electron chi connectivity index (χ0n) is 15.6. The molecule has 4 rings (SSSR count). The van der Waals surface area contributed by atoms with E-state index in [-0.39, 0.29) is 6.04 Å². The van der Waals surface area contributed by atoms with Crippen LogP contribution >= 0.6 is 27.5 Å². The van der Waals surface area contributed by atoms with Gasteiger partial charge in [0, 0.05) is 21.6 Å². The van der Waals surface area contributed by atoms with Gasteiger partial charge < -0.3 is 9.73 Å². The van der Waals surface area contributed by atoms with E-state index in [2.05, 4.69) is 43.6 Å². The maximum atomic E-state index is 6.02. The summed E-state index contributed by atoms with van der Waals surface area (Å²) in [7, 11) is 0. The van der Waals surface area contributed by atoms with Gasteiger partial charge in [-0.05, 0) is 53.9 Å². The first kappa shape index (κ1) is 19.8. The molecule has 0 fully saturated rings. The first-order valence-corrected chi connectivity index (χ1v) is 10.5. The van der Waals surface area contributed by atoms with Crippen LogP contribution in [0, 0.1) is 0 Å². The van der Waals surface area contributed by atoms with Crippen LogP contribution in [0.3, 0.4) is 0 Å². The molecule has 1 heterocycles. The zero-order valence-corrected chi connectivity index (χ0v) is 17.9. The number of nitrogens with zero attached hydrogens (tertiary/aromatic N) is 2. The summed E-state index contributed by atoms with van der Waals surface area (Å²) in [6.45, 7) is 0.755. The van der Waals surface area contributed by atoms with Gasteiger partial charge >= 0.3 is 0 Å². The van der Waals surface area contributed by atoms with Gasteiger partial charge in [0.15, 0.2) is 0 Å². The van der Waals surface area contributed by atoms with Gasteiger partial charge in [-0.1, -0.05) is 70.0 Å². The maximum absolute atomic E-state index is 6.02. The molecule has 3 aromatic carbocycles. The number of halogens is 2. The Hall–Kier alpha value is -2.47. The van der Waals surface area contributed by atoms with E-state index >= 15 is 0 Å². The van der Waals surface area contributed by atoms with Crippen LogP contribution in [0.1, 0.15) is 23.1 Å². The predicted molar refractivity (Wildman–Crippen MR) is 119 cm³/mol. The topological polar surface area (TPSA) is 51.0 Å². The van der Waals surface area contributed by atoms with Crippen molar-refractivity contribution in [2.45, 2.75) is 12.5 Å². The molecule has 0 unspecified atom stereocenters. The Kier molecular flexibility index (Phi) is 6.39. The van der Waals surface area contributed by atoms with Crippen molar-refractivity contribution in [1.82, 2.24) is 15.5 Å². The van der Waals surface area contributed by atoms with E-state index in [1.54, 1.807) is 0 Å². The molecule has 0 aliphatic heterocycles. The molecule has 0 aliphatic carbocycles. The average molecular weight is 469 g/mol. The molecule has 29 heavy (non-hydrogen) atoms. The molecule has 146 valence electrons. The van der Waals surface area contributed by atoms with Crippen molar-refractivity contribution in [2.75, 3.05) is 6.54 Å². The summed E-state index contributed by atoms with van der Waals surface area (Å²) in [4.78, 5) is 0. The highest BCUT2D eigenvalue weighted by Crippen LogP contribution is 2.26. The Labute approximate surface area is 183 Å². The minimum atomic E-state index is -0.194. The summed E-state index contributed by atoms with van der Waals surface area (Å²) in [6, 6.07) is 25.6. The largest absolute Gasteiger partial charge is 0.419 e. The van der Waals surface area contributed by atoms with Crippen LogP contribution in [0.4, 0.5) is 0 Å². The maximum Gasteiger partial charge on any atom is 0.247 e. The number of benzene rings is 3. The molecular formula is C23H19BrClN3O. The van der Waals surface area contributed by atoms with Gasteiger partial charge in [0.2, 0.25) is 11.8 Å². The molecule has 1 N–H and O–H groups in total. The molecule has 6 heteroatoms. The van der Waals surface area contributed by atoms with Crippen LogP contribution in [-0.4, -0.2) is 16.7 Å². The third-order valence-electron chi connectivity index (χ3n) is 4.59. The van der Waals surface area contributed by atoms with Crippen molar-refractivity contribution in [3.63, 3.8) is 0 Å². The van der Waals surface area contributed by atoms with Gasteiger partial charge in [-0.25, -0.2) is 0 Å². The highest BCUT2D eigenvalue weighted by molar-refractivity contribution is 9.10. The second-order valence-corrected chi connectivity index (χ2v) is 7.98. The van der Waals surface area contributed by atoms with E-state index in [4.69, 9.17) is 16.0 Å². The second-order valence-electron chi connectivity index (χ2n) is 6.63. The quantitative estimate of drug-likeness (QED) is 0.357. The van der Waals surface area contributed by atoms with Crippen LogP contribution < -0.4 is 5.32 Å². The third-order valence-corrected chi connectivity index (χ3v) is 5.37. The number of hydrogen-bond donors (Lipinski definition) is 1. The van der Waals surface area contributed by atoms with Gasteiger partial charge in [0.25, 0.3) is 0 Å². The van der Waals surface area contributed by atoms with Crippen molar-refractivity contribution >= 4 is 27.5 Å². The molecule has 0 amide bonds. The number of hydrogen-bond acceptors (Lipinski definition) is 4. The minimum Gasteiger partial charge on any atom is -0.419 e. The van der Waals surface area contributed by atoms with E-state index in [1.165, 1.54) is 5.56 Å². The lowest BCUT2D eigenvalue weighted by Gasteiger charge is -2.16. The smallest absolute Gasteiger partial charge is 0.247 e. The predicted octanol–water partition coefficient (Wildman–Crippen LogP) is 6.07. The average Bonchev–Trinajstić information content (AvgIpc) is 3.24. The van der Waals surface area contributed by atoms with Crippen molar-refractivity contribution in [2.24, 2.45) is 0 Å². The molecule has 0 radical (unpaired) electrons. The first-order chi connectivity index (χ1) is 14.2. The minimum absolute atomic E-state index is 0.194. The van der Waals surface area contributed by atoms with Gasteiger partial charge in [0.05, 0.1) is 0 Å². The summed E-state index contributed by atoms with van der Waals surface area (Å²) in [5.74, 6) is 1.06. The van der Waals surface area contributed by atoms with E-state index in [9.17, 15) is 0 Å². The molecule has 0 saturated heterocycles. The highest BCUT2D eigenvalue weighted by Gasteiger charge is 2.21. The van der Waals surface area contributed by atoms with Crippen molar-refractivity contribution in [3.05, 3.63) is 105 Å². The summed E-state index contributed by atoms with van der Waals surface area (Å²) in [6.07, 6.45) is 0.865. The number of aromatic nitrogens is 2. The van der Waals surface area contributed by atoms with Gasteiger partial charge in [0.1, 0.15) is 6.04 Å². The Morgan fingerprint density at radius 3 is 2.34 bits per heavy atom. The summed E-state index contributed by atoms with van der Waals surface area (Å²) < 4.78 is 7.05.